The smallest absolute Gasteiger partial charge is 0.122 e. The zero-order valence-corrected chi connectivity index (χ0v) is 11.1. The molecule has 0 aliphatic heterocycles. The van der Waals surface area contributed by atoms with Gasteiger partial charge in [-0.25, -0.2) is 0 Å². The minimum absolute atomic E-state index is 0.382. The first-order chi connectivity index (χ1) is 8.59. The molecule has 2 aromatic rings. The Balaban J connectivity index is 1.97. The van der Waals surface area contributed by atoms with Gasteiger partial charge in [-0.1, -0.05) is 18.2 Å². The maximum Gasteiger partial charge on any atom is 0.122 e. The third-order valence-electron chi connectivity index (χ3n) is 3.29. The van der Waals surface area contributed by atoms with E-state index in [2.05, 4.69) is 10.4 Å². The maximum absolute atomic E-state index is 9.90. The van der Waals surface area contributed by atoms with Crippen LogP contribution in [-0.4, -0.2) is 14.9 Å². The number of phenols is 1. The number of phenolic OH excluding ortho intramolecular Hbond substituents is 1. The fraction of sp³-hybridized carbons (Fsp3) is 0.357. The van der Waals surface area contributed by atoms with Crippen molar-refractivity contribution in [3.63, 3.8) is 0 Å². The predicted octanol–water partition coefficient (Wildman–Crippen LogP) is 2.03. The molecule has 0 radical (unpaired) electrons. The highest BCUT2D eigenvalue weighted by atomic mass is 16.3. The molecule has 0 fully saturated rings. The van der Waals surface area contributed by atoms with Crippen molar-refractivity contribution < 1.29 is 5.11 Å². The summed E-state index contributed by atoms with van der Waals surface area (Å²) in [6, 6.07) is 5.80. The van der Waals surface area contributed by atoms with E-state index in [0.29, 0.717) is 12.3 Å². The number of para-hydroxylation sites is 1. The molecule has 0 spiro atoms. The van der Waals surface area contributed by atoms with Crippen molar-refractivity contribution in [3.05, 3.63) is 46.8 Å². The van der Waals surface area contributed by atoms with Crippen molar-refractivity contribution in [1.29, 1.82) is 0 Å². The molecule has 0 bridgehead atoms. The van der Waals surface area contributed by atoms with Gasteiger partial charge in [0.15, 0.2) is 0 Å². The SMILES string of the molecule is Cc1cccc(CNCc2cnn(C)c2C)c1O. The fourth-order valence-electron chi connectivity index (χ4n) is 1.91. The van der Waals surface area contributed by atoms with Crippen LogP contribution in [0.15, 0.2) is 24.4 Å². The highest BCUT2D eigenvalue weighted by Gasteiger charge is 2.05. The van der Waals surface area contributed by atoms with Crippen molar-refractivity contribution in [3.8, 4) is 5.75 Å². The van der Waals surface area contributed by atoms with Crippen molar-refractivity contribution in [1.82, 2.24) is 15.1 Å². The lowest BCUT2D eigenvalue weighted by atomic mass is 10.1. The maximum atomic E-state index is 9.90. The lowest BCUT2D eigenvalue weighted by Crippen LogP contribution is -2.13. The van der Waals surface area contributed by atoms with Crippen LogP contribution in [0.25, 0.3) is 0 Å². The zero-order chi connectivity index (χ0) is 13.1. The molecular formula is C14H19N3O. The van der Waals surface area contributed by atoms with E-state index in [1.807, 2.05) is 50.0 Å². The molecule has 0 saturated heterocycles. The number of rotatable bonds is 4. The summed E-state index contributed by atoms with van der Waals surface area (Å²) in [7, 11) is 1.94. The molecule has 1 heterocycles. The van der Waals surface area contributed by atoms with Crippen LogP contribution in [0, 0.1) is 13.8 Å². The van der Waals surface area contributed by atoms with Crippen LogP contribution in [-0.2, 0) is 20.1 Å². The summed E-state index contributed by atoms with van der Waals surface area (Å²) in [4.78, 5) is 0. The van der Waals surface area contributed by atoms with E-state index in [0.717, 1.165) is 23.4 Å². The Morgan fingerprint density at radius 2 is 1.94 bits per heavy atom. The summed E-state index contributed by atoms with van der Waals surface area (Å²) in [6.07, 6.45) is 1.87. The third kappa shape index (κ3) is 2.54. The molecule has 96 valence electrons. The highest BCUT2D eigenvalue weighted by molar-refractivity contribution is 5.39. The number of aromatic hydroxyl groups is 1. The molecule has 4 nitrogen and oxygen atoms in total. The van der Waals surface area contributed by atoms with E-state index in [-0.39, 0.29) is 0 Å². The van der Waals surface area contributed by atoms with Crippen LogP contribution in [0.2, 0.25) is 0 Å². The highest BCUT2D eigenvalue weighted by Crippen LogP contribution is 2.21. The molecule has 1 aromatic carbocycles. The molecule has 0 unspecified atom stereocenters. The number of benzene rings is 1. The Labute approximate surface area is 107 Å². The molecule has 0 aliphatic rings. The second kappa shape index (κ2) is 5.23. The summed E-state index contributed by atoms with van der Waals surface area (Å²) in [5, 5.41) is 17.4. The van der Waals surface area contributed by atoms with Crippen LogP contribution in [0.4, 0.5) is 0 Å². The number of hydrogen-bond donors (Lipinski definition) is 2. The Morgan fingerprint density at radius 1 is 1.22 bits per heavy atom. The van der Waals surface area contributed by atoms with Gasteiger partial charge in [0.25, 0.3) is 0 Å². The van der Waals surface area contributed by atoms with Gasteiger partial charge in [-0.15, -0.1) is 0 Å². The van der Waals surface area contributed by atoms with Gasteiger partial charge < -0.3 is 10.4 Å². The van der Waals surface area contributed by atoms with Gasteiger partial charge in [-0.2, -0.15) is 5.10 Å². The number of hydrogen-bond acceptors (Lipinski definition) is 3. The molecule has 18 heavy (non-hydrogen) atoms. The van der Waals surface area contributed by atoms with Crippen molar-refractivity contribution in [2.24, 2.45) is 7.05 Å². The molecule has 2 N–H and O–H groups in total. The monoisotopic (exact) mass is 245 g/mol. The third-order valence-corrected chi connectivity index (χ3v) is 3.29. The van der Waals surface area contributed by atoms with Gasteiger partial charge in [-0.3, -0.25) is 4.68 Å². The number of nitrogens with one attached hydrogen (secondary N) is 1. The van der Waals surface area contributed by atoms with E-state index in [9.17, 15) is 5.11 Å². The lowest BCUT2D eigenvalue weighted by Gasteiger charge is -2.08. The molecule has 0 amide bonds. The van der Waals surface area contributed by atoms with Gasteiger partial charge in [0.1, 0.15) is 5.75 Å². The molecule has 2 rings (SSSR count). The first-order valence-corrected chi connectivity index (χ1v) is 6.05. The van der Waals surface area contributed by atoms with Crippen LogP contribution in [0.1, 0.15) is 22.4 Å². The second-order valence-electron chi connectivity index (χ2n) is 4.57. The molecule has 0 saturated carbocycles. The first-order valence-electron chi connectivity index (χ1n) is 6.05. The van der Waals surface area contributed by atoms with Crippen LogP contribution < -0.4 is 5.32 Å². The predicted molar refractivity (Wildman–Crippen MR) is 71.3 cm³/mol. The minimum atomic E-state index is 0.382. The van der Waals surface area contributed by atoms with E-state index in [1.165, 1.54) is 5.56 Å². The molecule has 0 aliphatic carbocycles. The van der Waals surface area contributed by atoms with Gasteiger partial charge in [0.2, 0.25) is 0 Å². The van der Waals surface area contributed by atoms with Gasteiger partial charge >= 0.3 is 0 Å². The Hall–Kier alpha value is -1.81. The number of nitrogens with zero attached hydrogens (tertiary/aromatic N) is 2. The largest absolute Gasteiger partial charge is 0.507 e. The summed E-state index contributed by atoms with van der Waals surface area (Å²) in [6.45, 7) is 5.37. The van der Waals surface area contributed by atoms with Crippen molar-refractivity contribution >= 4 is 0 Å². The summed E-state index contributed by atoms with van der Waals surface area (Å²) in [5.74, 6) is 0.382. The topological polar surface area (TPSA) is 50.1 Å². The van der Waals surface area contributed by atoms with Crippen molar-refractivity contribution in [2.45, 2.75) is 26.9 Å². The lowest BCUT2D eigenvalue weighted by molar-refractivity contribution is 0.460. The van der Waals surface area contributed by atoms with Gasteiger partial charge in [0.05, 0.1) is 6.20 Å². The molecule has 0 atom stereocenters. The number of aromatic nitrogens is 2. The van der Waals surface area contributed by atoms with Gasteiger partial charge in [0, 0.05) is 37.0 Å². The van der Waals surface area contributed by atoms with Crippen LogP contribution in [0.3, 0.4) is 0 Å². The Kier molecular flexibility index (Phi) is 3.67. The average Bonchev–Trinajstić information content (AvgIpc) is 2.66. The molecular weight excluding hydrogens is 226 g/mol. The Morgan fingerprint density at radius 3 is 2.61 bits per heavy atom. The van der Waals surface area contributed by atoms with E-state index < -0.39 is 0 Å². The van der Waals surface area contributed by atoms with E-state index in [4.69, 9.17) is 0 Å². The van der Waals surface area contributed by atoms with Crippen molar-refractivity contribution in [2.75, 3.05) is 0 Å². The summed E-state index contributed by atoms with van der Waals surface area (Å²) in [5.41, 5.74) is 4.18. The first kappa shape index (κ1) is 12.6. The summed E-state index contributed by atoms with van der Waals surface area (Å²) < 4.78 is 1.86. The minimum Gasteiger partial charge on any atom is -0.507 e. The average molecular weight is 245 g/mol. The summed E-state index contributed by atoms with van der Waals surface area (Å²) >= 11 is 0. The zero-order valence-electron chi connectivity index (χ0n) is 11.1. The van der Waals surface area contributed by atoms with E-state index in [1.54, 1.807) is 0 Å². The fourth-order valence-corrected chi connectivity index (χ4v) is 1.91. The standard InChI is InChI=1S/C14H19N3O/c1-10-5-4-6-12(14(10)18)7-15-8-13-9-16-17(3)11(13)2/h4-6,9,15,18H,7-8H2,1-3H3. The number of aryl methyl sites for hydroxylation is 2. The second-order valence-corrected chi connectivity index (χ2v) is 4.57. The Bertz CT molecular complexity index is 546. The van der Waals surface area contributed by atoms with Gasteiger partial charge in [-0.05, 0) is 19.4 Å². The van der Waals surface area contributed by atoms with Crippen LogP contribution in [0.5, 0.6) is 5.75 Å². The quantitative estimate of drug-likeness (QED) is 0.866. The molecule has 1 aromatic heterocycles. The normalized spacial score (nSPS) is 10.8. The molecule has 4 heteroatoms. The van der Waals surface area contributed by atoms with Crippen LogP contribution >= 0.6 is 0 Å². The van der Waals surface area contributed by atoms with E-state index >= 15 is 0 Å².